The summed E-state index contributed by atoms with van der Waals surface area (Å²) in [4.78, 5) is 16.3. The highest BCUT2D eigenvalue weighted by Crippen LogP contribution is 2.41. The van der Waals surface area contributed by atoms with Gasteiger partial charge in [0.05, 0.1) is 23.9 Å². The summed E-state index contributed by atoms with van der Waals surface area (Å²) in [6.07, 6.45) is 3.25. The van der Waals surface area contributed by atoms with Gasteiger partial charge >= 0.3 is 5.97 Å². The van der Waals surface area contributed by atoms with Gasteiger partial charge in [0.25, 0.3) is 0 Å². The molecule has 0 radical (unpaired) electrons. The third-order valence-electron chi connectivity index (χ3n) is 4.65. The minimum Gasteiger partial charge on any atom is -0.464 e. The zero-order valence-corrected chi connectivity index (χ0v) is 13.7. The molecule has 0 unspecified atom stereocenters. The Balaban J connectivity index is 1.98. The number of anilines is 1. The normalized spacial score (nSPS) is 14.5. The van der Waals surface area contributed by atoms with Gasteiger partial charge in [0.15, 0.2) is 11.3 Å². The van der Waals surface area contributed by atoms with Crippen LogP contribution in [0.3, 0.4) is 0 Å². The topological polar surface area (TPSA) is 83.0 Å². The molecule has 1 aliphatic rings. The largest absolute Gasteiger partial charge is 0.464 e. The first-order valence-corrected chi connectivity index (χ1v) is 8.12. The molecule has 1 aromatic carbocycles. The van der Waals surface area contributed by atoms with Crippen molar-refractivity contribution in [3.8, 4) is 5.69 Å². The number of hydrogen-bond acceptors (Lipinski definition) is 5. The SMILES string of the molecule is COC(=O)c1cc(N)c2c(C3CCC3)nn(-c3ccc(F)cc3)c2n1. The minimum absolute atomic E-state index is 0.121. The van der Waals surface area contributed by atoms with Crippen molar-refractivity contribution in [3.63, 3.8) is 0 Å². The number of esters is 1. The van der Waals surface area contributed by atoms with Crippen LogP contribution in [-0.2, 0) is 4.74 Å². The van der Waals surface area contributed by atoms with Gasteiger partial charge in [0, 0.05) is 11.6 Å². The number of benzene rings is 1. The van der Waals surface area contributed by atoms with Crippen LogP contribution in [0.5, 0.6) is 0 Å². The summed E-state index contributed by atoms with van der Waals surface area (Å²) in [6.45, 7) is 0. The zero-order valence-electron chi connectivity index (χ0n) is 13.7. The first-order chi connectivity index (χ1) is 12.1. The molecular formula is C18H17FN4O2. The number of carbonyl (C=O) groups is 1. The molecule has 2 aromatic heterocycles. The second-order valence-electron chi connectivity index (χ2n) is 6.19. The van der Waals surface area contributed by atoms with Gasteiger partial charge in [0.2, 0.25) is 0 Å². The highest BCUT2D eigenvalue weighted by molar-refractivity contribution is 5.97. The van der Waals surface area contributed by atoms with Crippen LogP contribution in [0, 0.1) is 5.82 Å². The molecule has 1 saturated carbocycles. The molecule has 4 rings (SSSR count). The number of nitrogens with two attached hydrogens (primary N) is 1. The van der Waals surface area contributed by atoms with Gasteiger partial charge in [-0.05, 0) is 43.2 Å². The van der Waals surface area contributed by atoms with E-state index in [-0.39, 0.29) is 11.5 Å². The summed E-state index contributed by atoms with van der Waals surface area (Å²) in [5, 5.41) is 5.45. The third kappa shape index (κ3) is 2.52. The third-order valence-corrected chi connectivity index (χ3v) is 4.65. The molecule has 1 aliphatic carbocycles. The number of methoxy groups -OCH3 is 1. The standard InChI is InChI=1S/C18H17FN4O2/c1-25-18(24)14-9-13(20)15-16(10-3-2-4-10)22-23(17(15)21-14)12-7-5-11(19)6-8-12/h5-10H,2-4H2,1H3,(H2,20,21). The van der Waals surface area contributed by atoms with E-state index in [0.29, 0.717) is 22.9 Å². The molecule has 3 aromatic rings. The number of aromatic nitrogens is 3. The molecule has 7 heteroatoms. The van der Waals surface area contributed by atoms with Crippen LogP contribution in [0.15, 0.2) is 30.3 Å². The first-order valence-electron chi connectivity index (χ1n) is 8.12. The summed E-state index contributed by atoms with van der Waals surface area (Å²) in [5.41, 5.74) is 8.81. The highest BCUT2D eigenvalue weighted by atomic mass is 19.1. The van der Waals surface area contributed by atoms with Gasteiger partial charge in [-0.1, -0.05) is 6.42 Å². The molecule has 0 aliphatic heterocycles. The van der Waals surface area contributed by atoms with Gasteiger partial charge < -0.3 is 10.5 Å². The number of nitrogens with zero attached hydrogens (tertiary/aromatic N) is 3. The van der Waals surface area contributed by atoms with Crippen LogP contribution in [0.4, 0.5) is 10.1 Å². The molecule has 0 saturated heterocycles. The minimum atomic E-state index is -0.564. The molecule has 0 spiro atoms. The molecule has 0 bridgehead atoms. The van der Waals surface area contributed by atoms with E-state index in [2.05, 4.69) is 4.98 Å². The molecule has 0 atom stereocenters. The fourth-order valence-electron chi connectivity index (χ4n) is 3.11. The van der Waals surface area contributed by atoms with Crippen molar-refractivity contribution < 1.29 is 13.9 Å². The van der Waals surface area contributed by atoms with Crippen LogP contribution in [-0.4, -0.2) is 27.8 Å². The number of rotatable bonds is 3. The Hall–Kier alpha value is -2.96. The van der Waals surface area contributed by atoms with Gasteiger partial charge in [-0.2, -0.15) is 5.10 Å². The fourth-order valence-corrected chi connectivity index (χ4v) is 3.11. The van der Waals surface area contributed by atoms with Crippen molar-refractivity contribution >= 4 is 22.7 Å². The maximum absolute atomic E-state index is 13.3. The Kier molecular flexibility index (Phi) is 3.63. The van der Waals surface area contributed by atoms with E-state index in [1.807, 2.05) is 0 Å². The van der Waals surface area contributed by atoms with Gasteiger partial charge in [0.1, 0.15) is 5.82 Å². The molecule has 6 nitrogen and oxygen atoms in total. The summed E-state index contributed by atoms with van der Waals surface area (Å²) in [5.74, 6) is -0.565. The number of nitrogen functional groups attached to an aromatic ring is 1. The summed E-state index contributed by atoms with van der Waals surface area (Å²) >= 11 is 0. The monoisotopic (exact) mass is 340 g/mol. The number of pyridine rings is 1. The van der Waals surface area contributed by atoms with Crippen molar-refractivity contribution in [1.29, 1.82) is 0 Å². The maximum atomic E-state index is 13.3. The van der Waals surface area contributed by atoms with Gasteiger partial charge in [-0.15, -0.1) is 0 Å². The van der Waals surface area contributed by atoms with E-state index >= 15 is 0 Å². The number of fused-ring (bicyclic) bond motifs is 1. The lowest BCUT2D eigenvalue weighted by atomic mass is 9.82. The van der Waals surface area contributed by atoms with Crippen LogP contribution >= 0.6 is 0 Å². The summed E-state index contributed by atoms with van der Waals surface area (Å²) < 4.78 is 19.6. The molecule has 0 amide bonds. The lowest BCUT2D eigenvalue weighted by Crippen LogP contribution is -2.10. The van der Waals surface area contributed by atoms with E-state index in [9.17, 15) is 9.18 Å². The van der Waals surface area contributed by atoms with Gasteiger partial charge in [-0.3, -0.25) is 0 Å². The smallest absolute Gasteiger partial charge is 0.356 e. The maximum Gasteiger partial charge on any atom is 0.356 e. The average molecular weight is 340 g/mol. The Morgan fingerprint density at radius 2 is 2.04 bits per heavy atom. The predicted molar refractivity (Wildman–Crippen MR) is 91.2 cm³/mol. The number of ether oxygens (including phenoxy) is 1. The molecular weight excluding hydrogens is 323 g/mol. The van der Waals surface area contributed by atoms with Crippen LogP contribution in [0.2, 0.25) is 0 Å². The Morgan fingerprint density at radius 1 is 1.32 bits per heavy atom. The van der Waals surface area contributed by atoms with E-state index in [1.165, 1.54) is 25.3 Å². The fraction of sp³-hybridized carbons (Fsp3) is 0.278. The molecule has 128 valence electrons. The number of halogens is 1. The van der Waals surface area contributed by atoms with E-state index in [1.54, 1.807) is 16.8 Å². The van der Waals surface area contributed by atoms with Crippen molar-refractivity contribution in [2.24, 2.45) is 0 Å². The van der Waals surface area contributed by atoms with Crippen LogP contribution < -0.4 is 5.73 Å². The quantitative estimate of drug-likeness (QED) is 0.740. The second kappa shape index (κ2) is 5.84. The average Bonchev–Trinajstić information content (AvgIpc) is 2.93. The van der Waals surface area contributed by atoms with Crippen molar-refractivity contribution in [3.05, 3.63) is 47.5 Å². The molecule has 2 heterocycles. The van der Waals surface area contributed by atoms with Crippen LogP contribution in [0.1, 0.15) is 41.4 Å². The number of hydrogen-bond donors (Lipinski definition) is 1. The Morgan fingerprint density at radius 3 is 2.64 bits per heavy atom. The van der Waals surface area contributed by atoms with Crippen molar-refractivity contribution in [2.45, 2.75) is 25.2 Å². The molecule has 1 fully saturated rings. The Labute approximate surface area is 143 Å². The Bertz CT molecular complexity index is 961. The second-order valence-corrected chi connectivity index (χ2v) is 6.19. The van der Waals surface area contributed by atoms with Crippen molar-refractivity contribution in [1.82, 2.24) is 14.8 Å². The summed E-state index contributed by atoms with van der Waals surface area (Å²) in [6, 6.07) is 7.48. The summed E-state index contributed by atoms with van der Waals surface area (Å²) in [7, 11) is 1.29. The lowest BCUT2D eigenvalue weighted by molar-refractivity contribution is 0.0594. The number of carbonyl (C=O) groups excluding carboxylic acids is 1. The van der Waals surface area contributed by atoms with E-state index < -0.39 is 5.97 Å². The van der Waals surface area contributed by atoms with Gasteiger partial charge in [-0.25, -0.2) is 18.9 Å². The molecule has 25 heavy (non-hydrogen) atoms. The van der Waals surface area contributed by atoms with Crippen molar-refractivity contribution in [2.75, 3.05) is 12.8 Å². The van der Waals surface area contributed by atoms with E-state index in [0.717, 1.165) is 30.3 Å². The van der Waals surface area contributed by atoms with E-state index in [4.69, 9.17) is 15.6 Å². The predicted octanol–water partition coefficient (Wildman–Crippen LogP) is 3.20. The highest BCUT2D eigenvalue weighted by Gasteiger charge is 2.28. The molecule has 2 N–H and O–H groups in total. The first kappa shape index (κ1) is 15.6. The lowest BCUT2D eigenvalue weighted by Gasteiger charge is -2.23. The zero-order chi connectivity index (χ0) is 17.6. The van der Waals surface area contributed by atoms with Crippen LogP contribution in [0.25, 0.3) is 16.7 Å².